The van der Waals surface area contributed by atoms with Crippen LogP contribution in [0, 0.1) is 5.92 Å². The lowest BCUT2D eigenvalue weighted by Gasteiger charge is -2.36. The van der Waals surface area contributed by atoms with Crippen molar-refractivity contribution >= 4 is 31.9 Å². The van der Waals surface area contributed by atoms with Crippen LogP contribution in [0.5, 0.6) is 0 Å². The third-order valence-corrected chi connectivity index (χ3v) is 5.94. The van der Waals surface area contributed by atoms with E-state index in [1.54, 1.807) is 12.1 Å². The average molecular weight is 376 g/mol. The van der Waals surface area contributed by atoms with Crippen LogP contribution in [-0.2, 0) is 14.8 Å². The zero-order valence-electron chi connectivity index (χ0n) is 11.7. The zero-order chi connectivity index (χ0) is 15.7. The topological polar surface area (TPSA) is 83.5 Å². The minimum Gasteiger partial charge on any atom is -0.480 e. The Hall–Kier alpha value is -0.920. The van der Waals surface area contributed by atoms with Crippen molar-refractivity contribution in [2.75, 3.05) is 0 Å². The van der Waals surface area contributed by atoms with Crippen molar-refractivity contribution < 1.29 is 18.3 Å². The number of carboxylic acids is 1. The van der Waals surface area contributed by atoms with E-state index in [-0.39, 0.29) is 10.8 Å². The first-order chi connectivity index (χ1) is 9.75. The first-order valence-corrected chi connectivity index (χ1v) is 9.06. The normalized spacial score (nSPS) is 26.5. The van der Waals surface area contributed by atoms with Crippen molar-refractivity contribution in [3.63, 3.8) is 0 Å². The first-order valence-electron chi connectivity index (χ1n) is 6.78. The lowest BCUT2D eigenvalue weighted by molar-refractivity contribution is -0.146. The van der Waals surface area contributed by atoms with Crippen molar-refractivity contribution in [2.45, 2.75) is 43.0 Å². The molecule has 1 aliphatic rings. The number of hydrogen-bond acceptors (Lipinski definition) is 3. The first kappa shape index (κ1) is 16.5. The molecule has 0 spiro atoms. The molecule has 1 aromatic rings. The molecule has 1 saturated carbocycles. The molecule has 2 rings (SSSR count). The summed E-state index contributed by atoms with van der Waals surface area (Å²) in [5.41, 5.74) is -1.40. The monoisotopic (exact) mass is 375 g/mol. The minimum atomic E-state index is -3.86. The second kappa shape index (κ2) is 6.06. The Morgan fingerprint density at radius 1 is 1.38 bits per heavy atom. The van der Waals surface area contributed by atoms with E-state index >= 15 is 0 Å². The van der Waals surface area contributed by atoms with E-state index in [1.165, 1.54) is 12.1 Å². The van der Waals surface area contributed by atoms with Gasteiger partial charge in [-0.3, -0.25) is 4.79 Å². The molecule has 2 unspecified atom stereocenters. The third-order valence-electron chi connectivity index (χ3n) is 3.86. The maximum Gasteiger partial charge on any atom is 0.324 e. The van der Waals surface area contributed by atoms with Crippen LogP contribution in [0.2, 0.25) is 0 Å². The summed E-state index contributed by atoms with van der Waals surface area (Å²) < 4.78 is 28.1. The van der Waals surface area contributed by atoms with E-state index in [0.29, 0.717) is 19.3 Å². The van der Waals surface area contributed by atoms with E-state index in [4.69, 9.17) is 0 Å². The molecule has 0 radical (unpaired) electrons. The molecule has 0 aliphatic heterocycles. The number of aliphatic carboxylic acids is 1. The maximum atomic E-state index is 12.4. The average Bonchev–Trinajstić information content (AvgIpc) is 2.38. The van der Waals surface area contributed by atoms with Gasteiger partial charge in [0.1, 0.15) is 5.54 Å². The molecular weight excluding hydrogens is 358 g/mol. The van der Waals surface area contributed by atoms with Crippen LogP contribution in [0.15, 0.2) is 33.6 Å². The van der Waals surface area contributed by atoms with E-state index in [9.17, 15) is 18.3 Å². The zero-order valence-corrected chi connectivity index (χ0v) is 14.1. The van der Waals surface area contributed by atoms with Gasteiger partial charge in [-0.25, -0.2) is 8.42 Å². The van der Waals surface area contributed by atoms with Gasteiger partial charge in [0.25, 0.3) is 0 Å². The summed E-state index contributed by atoms with van der Waals surface area (Å²) in [5, 5.41) is 9.53. The van der Waals surface area contributed by atoms with Crippen molar-refractivity contribution in [3.8, 4) is 0 Å². The Balaban J connectivity index is 2.32. The number of carboxylic acid groups (broad SMARTS) is 1. The molecule has 0 heterocycles. The Labute approximate surface area is 132 Å². The van der Waals surface area contributed by atoms with Crippen molar-refractivity contribution in [1.29, 1.82) is 0 Å². The SMILES string of the molecule is CC1CCCC(NS(=O)(=O)c2ccc(Br)cc2)(C(=O)O)C1. The van der Waals surface area contributed by atoms with Crippen LogP contribution in [0.1, 0.15) is 32.6 Å². The summed E-state index contributed by atoms with van der Waals surface area (Å²) >= 11 is 3.24. The molecule has 1 aliphatic carbocycles. The Bertz CT molecular complexity index is 629. The number of nitrogens with one attached hydrogen (secondary N) is 1. The van der Waals surface area contributed by atoms with Crippen molar-refractivity contribution in [2.24, 2.45) is 5.92 Å². The van der Waals surface area contributed by atoms with Crippen LogP contribution in [0.4, 0.5) is 0 Å². The molecule has 0 amide bonds. The molecule has 0 saturated heterocycles. The molecule has 21 heavy (non-hydrogen) atoms. The second-order valence-electron chi connectivity index (χ2n) is 5.65. The lowest BCUT2D eigenvalue weighted by Crippen LogP contribution is -2.56. The quantitative estimate of drug-likeness (QED) is 0.847. The molecule has 5 nitrogen and oxygen atoms in total. The lowest BCUT2D eigenvalue weighted by atomic mass is 9.77. The fourth-order valence-corrected chi connectivity index (χ4v) is 4.48. The van der Waals surface area contributed by atoms with Gasteiger partial charge in [-0.05, 0) is 43.0 Å². The van der Waals surface area contributed by atoms with Gasteiger partial charge in [-0.15, -0.1) is 0 Å². The third kappa shape index (κ3) is 3.64. The second-order valence-corrected chi connectivity index (χ2v) is 8.25. The van der Waals surface area contributed by atoms with Gasteiger partial charge in [0.05, 0.1) is 4.90 Å². The summed E-state index contributed by atoms with van der Waals surface area (Å²) in [5.74, 6) is -0.919. The molecule has 0 aromatic heterocycles. The predicted octanol–water partition coefficient (Wildman–Crippen LogP) is 2.76. The Morgan fingerprint density at radius 3 is 2.52 bits per heavy atom. The number of rotatable bonds is 4. The standard InChI is InChI=1S/C14H18BrNO4S/c1-10-3-2-8-14(9-10,13(17)18)16-21(19,20)12-6-4-11(15)5-7-12/h4-7,10,16H,2-3,8-9H2,1H3,(H,17,18). The largest absolute Gasteiger partial charge is 0.480 e. The van der Waals surface area contributed by atoms with Crippen LogP contribution in [0.25, 0.3) is 0 Å². The number of benzene rings is 1. The van der Waals surface area contributed by atoms with Crippen LogP contribution < -0.4 is 4.72 Å². The summed E-state index contributed by atoms with van der Waals surface area (Å²) in [7, 11) is -3.86. The highest BCUT2D eigenvalue weighted by Crippen LogP contribution is 2.34. The fraction of sp³-hybridized carbons (Fsp3) is 0.500. The van der Waals surface area contributed by atoms with Gasteiger partial charge in [-0.1, -0.05) is 35.7 Å². The highest BCUT2D eigenvalue weighted by molar-refractivity contribution is 9.10. The molecule has 2 N–H and O–H groups in total. The van der Waals surface area contributed by atoms with Crippen LogP contribution in [-0.4, -0.2) is 25.0 Å². The molecule has 2 atom stereocenters. The molecular formula is C14H18BrNO4S. The van der Waals surface area contributed by atoms with Gasteiger partial charge >= 0.3 is 5.97 Å². The van der Waals surface area contributed by atoms with Crippen molar-refractivity contribution in [3.05, 3.63) is 28.7 Å². The van der Waals surface area contributed by atoms with Gasteiger partial charge in [0.2, 0.25) is 10.0 Å². The summed E-state index contributed by atoms with van der Waals surface area (Å²) in [6.07, 6.45) is 2.27. The van der Waals surface area contributed by atoms with E-state index in [2.05, 4.69) is 20.7 Å². The highest BCUT2D eigenvalue weighted by atomic mass is 79.9. The van der Waals surface area contributed by atoms with Gasteiger partial charge in [-0.2, -0.15) is 4.72 Å². The molecule has 7 heteroatoms. The van der Waals surface area contributed by atoms with E-state index in [0.717, 1.165) is 10.9 Å². The Morgan fingerprint density at radius 2 is 2.00 bits per heavy atom. The van der Waals surface area contributed by atoms with Crippen LogP contribution in [0.3, 0.4) is 0 Å². The molecule has 0 bridgehead atoms. The summed E-state index contributed by atoms with van der Waals surface area (Å²) in [4.78, 5) is 11.7. The summed E-state index contributed by atoms with van der Waals surface area (Å²) in [6, 6.07) is 6.14. The van der Waals surface area contributed by atoms with Gasteiger partial charge in [0, 0.05) is 4.47 Å². The van der Waals surface area contributed by atoms with Gasteiger partial charge in [0.15, 0.2) is 0 Å². The highest BCUT2D eigenvalue weighted by Gasteiger charge is 2.45. The molecule has 1 fully saturated rings. The molecule has 116 valence electrons. The van der Waals surface area contributed by atoms with E-state index < -0.39 is 21.5 Å². The predicted molar refractivity (Wildman–Crippen MR) is 82.5 cm³/mol. The number of hydrogen-bond donors (Lipinski definition) is 2. The molecule has 1 aromatic carbocycles. The smallest absolute Gasteiger partial charge is 0.324 e. The number of carbonyl (C=O) groups is 1. The Kier molecular flexibility index (Phi) is 4.75. The maximum absolute atomic E-state index is 12.4. The summed E-state index contributed by atoms with van der Waals surface area (Å²) in [6.45, 7) is 1.95. The van der Waals surface area contributed by atoms with E-state index in [1.807, 2.05) is 6.92 Å². The minimum absolute atomic E-state index is 0.0737. The van der Waals surface area contributed by atoms with Crippen molar-refractivity contribution in [1.82, 2.24) is 4.72 Å². The number of halogens is 1. The fourth-order valence-electron chi connectivity index (χ4n) is 2.81. The van der Waals surface area contributed by atoms with Crippen LogP contribution >= 0.6 is 15.9 Å². The van der Waals surface area contributed by atoms with Gasteiger partial charge < -0.3 is 5.11 Å². The number of sulfonamides is 1.